The molecule has 1 heterocycles. The SMILES string of the molecule is CC(C)(CCl)[C@@H]1[C@H](OCc2ccccc2)C(=O)N1C1CCCCC1. The second-order valence-corrected chi connectivity index (χ2v) is 8.09. The minimum atomic E-state index is -0.360. The second-order valence-electron chi connectivity index (χ2n) is 7.82. The molecular weight excluding hydrogens is 322 g/mol. The molecule has 1 aromatic carbocycles. The standard InChI is InChI=1S/C20H28ClNO2/c1-20(2,14-21)18-17(24-13-15-9-5-3-6-10-15)19(23)22(18)16-11-7-4-8-12-16/h3,5-6,9-10,16-18H,4,7-8,11-14H2,1-2H3/t17-,18-/m0/s1. The van der Waals surface area contributed by atoms with Crippen LogP contribution in [0.3, 0.4) is 0 Å². The van der Waals surface area contributed by atoms with Crippen LogP contribution in [-0.2, 0) is 16.1 Å². The summed E-state index contributed by atoms with van der Waals surface area (Å²) < 4.78 is 6.05. The zero-order valence-electron chi connectivity index (χ0n) is 14.7. The van der Waals surface area contributed by atoms with Gasteiger partial charge in [-0.2, -0.15) is 0 Å². The zero-order valence-corrected chi connectivity index (χ0v) is 15.5. The van der Waals surface area contributed by atoms with Gasteiger partial charge in [0.25, 0.3) is 5.91 Å². The molecule has 132 valence electrons. The summed E-state index contributed by atoms with van der Waals surface area (Å²) in [5.41, 5.74) is 0.956. The van der Waals surface area contributed by atoms with Crippen LogP contribution in [0, 0.1) is 5.41 Å². The lowest BCUT2D eigenvalue weighted by Gasteiger charge is -2.56. The number of ether oxygens (including phenoxy) is 1. The van der Waals surface area contributed by atoms with Crippen LogP contribution in [-0.4, -0.2) is 34.9 Å². The van der Waals surface area contributed by atoms with Gasteiger partial charge in [0.15, 0.2) is 6.10 Å². The molecule has 0 bridgehead atoms. The number of alkyl halides is 1. The fraction of sp³-hybridized carbons (Fsp3) is 0.650. The molecule has 1 amide bonds. The molecule has 0 N–H and O–H groups in total. The predicted octanol–water partition coefficient (Wildman–Crippen LogP) is 4.38. The Morgan fingerprint density at radius 1 is 1.17 bits per heavy atom. The first-order valence-corrected chi connectivity index (χ1v) is 9.62. The summed E-state index contributed by atoms with van der Waals surface area (Å²) in [5, 5.41) is 0. The number of carbonyl (C=O) groups is 1. The summed E-state index contributed by atoms with van der Waals surface area (Å²) in [6.45, 7) is 4.77. The number of benzene rings is 1. The molecule has 2 fully saturated rings. The van der Waals surface area contributed by atoms with Crippen molar-refractivity contribution in [2.75, 3.05) is 5.88 Å². The van der Waals surface area contributed by atoms with Crippen LogP contribution >= 0.6 is 11.6 Å². The van der Waals surface area contributed by atoms with E-state index < -0.39 is 0 Å². The number of nitrogens with zero attached hydrogens (tertiary/aromatic N) is 1. The van der Waals surface area contributed by atoms with Crippen molar-refractivity contribution >= 4 is 17.5 Å². The normalized spacial score (nSPS) is 25.6. The highest BCUT2D eigenvalue weighted by atomic mass is 35.5. The smallest absolute Gasteiger partial charge is 0.254 e. The van der Waals surface area contributed by atoms with Gasteiger partial charge >= 0.3 is 0 Å². The van der Waals surface area contributed by atoms with Gasteiger partial charge in [0.2, 0.25) is 0 Å². The van der Waals surface area contributed by atoms with E-state index in [9.17, 15) is 4.79 Å². The monoisotopic (exact) mass is 349 g/mol. The average molecular weight is 350 g/mol. The molecule has 4 heteroatoms. The first-order valence-electron chi connectivity index (χ1n) is 9.08. The van der Waals surface area contributed by atoms with Crippen molar-refractivity contribution < 1.29 is 9.53 Å². The van der Waals surface area contributed by atoms with E-state index in [-0.39, 0.29) is 23.5 Å². The Morgan fingerprint density at radius 2 is 1.83 bits per heavy atom. The molecule has 0 spiro atoms. The van der Waals surface area contributed by atoms with Gasteiger partial charge in [-0.1, -0.05) is 63.4 Å². The van der Waals surface area contributed by atoms with Crippen LogP contribution in [0.5, 0.6) is 0 Å². The molecule has 0 radical (unpaired) electrons. The Balaban J connectivity index is 1.72. The first-order chi connectivity index (χ1) is 11.5. The highest BCUT2D eigenvalue weighted by Gasteiger charge is 2.56. The van der Waals surface area contributed by atoms with E-state index in [1.807, 2.05) is 30.3 Å². The molecule has 2 atom stereocenters. The average Bonchev–Trinajstić information content (AvgIpc) is 2.61. The Morgan fingerprint density at radius 3 is 2.46 bits per heavy atom. The van der Waals surface area contributed by atoms with Gasteiger partial charge in [-0.3, -0.25) is 4.79 Å². The number of hydrogen-bond acceptors (Lipinski definition) is 2. The number of hydrogen-bond donors (Lipinski definition) is 0. The molecule has 1 aliphatic carbocycles. The van der Waals surface area contributed by atoms with Crippen LogP contribution in [0.1, 0.15) is 51.5 Å². The molecule has 1 aromatic rings. The zero-order chi connectivity index (χ0) is 17.2. The highest BCUT2D eigenvalue weighted by Crippen LogP contribution is 2.42. The number of rotatable bonds is 6. The van der Waals surface area contributed by atoms with Crippen molar-refractivity contribution in [2.45, 2.75) is 70.7 Å². The molecular formula is C20H28ClNO2. The summed E-state index contributed by atoms with van der Waals surface area (Å²) in [4.78, 5) is 14.9. The minimum absolute atomic E-state index is 0.0781. The fourth-order valence-electron chi connectivity index (χ4n) is 4.04. The third-order valence-corrected chi connectivity index (χ3v) is 6.16. The fourth-order valence-corrected chi connectivity index (χ4v) is 4.20. The Hall–Kier alpha value is -1.06. The van der Waals surface area contributed by atoms with Gasteiger partial charge in [-0.25, -0.2) is 0 Å². The molecule has 1 saturated carbocycles. The topological polar surface area (TPSA) is 29.5 Å². The number of carbonyl (C=O) groups excluding carboxylic acids is 1. The largest absolute Gasteiger partial charge is 0.361 e. The van der Waals surface area contributed by atoms with Crippen LogP contribution in [0.4, 0.5) is 0 Å². The Labute approximate surface area is 150 Å². The molecule has 2 aliphatic rings. The molecule has 3 nitrogen and oxygen atoms in total. The van der Waals surface area contributed by atoms with Gasteiger partial charge < -0.3 is 9.64 Å². The molecule has 1 saturated heterocycles. The van der Waals surface area contributed by atoms with E-state index in [4.69, 9.17) is 16.3 Å². The van der Waals surface area contributed by atoms with Gasteiger partial charge in [0.1, 0.15) is 0 Å². The second kappa shape index (κ2) is 7.45. The van der Waals surface area contributed by atoms with E-state index in [1.165, 1.54) is 19.3 Å². The Kier molecular flexibility index (Phi) is 5.51. The summed E-state index contributed by atoms with van der Waals surface area (Å²) in [6, 6.07) is 10.5. The Bertz CT molecular complexity index is 554. The molecule has 3 rings (SSSR count). The molecule has 24 heavy (non-hydrogen) atoms. The van der Waals surface area contributed by atoms with Crippen molar-refractivity contribution in [1.29, 1.82) is 0 Å². The molecule has 0 aromatic heterocycles. The minimum Gasteiger partial charge on any atom is -0.361 e. The lowest BCUT2D eigenvalue weighted by molar-refractivity contribution is -0.194. The van der Waals surface area contributed by atoms with Gasteiger partial charge in [0.05, 0.1) is 12.6 Å². The van der Waals surface area contributed by atoms with Gasteiger partial charge in [-0.05, 0) is 18.4 Å². The third kappa shape index (κ3) is 3.48. The highest BCUT2D eigenvalue weighted by molar-refractivity contribution is 6.18. The number of likely N-dealkylation sites (tertiary alicyclic amines) is 1. The van der Waals surface area contributed by atoms with Crippen molar-refractivity contribution in [3.8, 4) is 0 Å². The summed E-state index contributed by atoms with van der Waals surface area (Å²) in [5.74, 6) is 0.681. The quantitative estimate of drug-likeness (QED) is 0.563. The lowest BCUT2D eigenvalue weighted by Crippen LogP contribution is -2.73. The van der Waals surface area contributed by atoms with Crippen LogP contribution in [0.2, 0.25) is 0 Å². The molecule has 0 unspecified atom stereocenters. The van der Waals surface area contributed by atoms with E-state index in [1.54, 1.807) is 0 Å². The number of halogens is 1. The van der Waals surface area contributed by atoms with Crippen molar-refractivity contribution in [2.24, 2.45) is 5.41 Å². The van der Waals surface area contributed by atoms with E-state index >= 15 is 0 Å². The van der Waals surface area contributed by atoms with Crippen molar-refractivity contribution in [3.05, 3.63) is 35.9 Å². The maximum atomic E-state index is 12.8. The van der Waals surface area contributed by atoms with Crippen LogP contribution in [0.25, 0.3) is 0 Å². The van der Waals surface area contributed by atoms with Crippen LogP contribution < -0.4 is 0 Å². The predicted molar refractivity (Wildman–Crippen MR) is 97.0 cm³/mol. The maximum absolute atomic E-state index is 12.8. The number of β-lactam (4-membered cyclic amide) rings is 1. The molecule has 1 aliphatic heterocycles. The van der Waals surface area contributed by atoms with E-state index in [0.717, 1.165) is 18.4 Å². The maximum Gasteiger partial charge on any atom is 0.254 e. The van der Waals surface area contributed by atoms with E-state index in [2.05, 4.69) is 18.7 Å². The number of amides is 1. The van der Waals surface area contributed by atoms with Gasteiger partial charge in [0, 0.05) is 17.3 Å². The van der Waals surface area contributed by atoms with E-state index in [0.29, 0.717) is 18.5 Å². The first kappa shape index (κ1) is 17.8. The van der Waals surface area contributed by atoms with Crippen molar-refractivity contribution in [3.63, 3.8) is 0 Å². The summed E-state index contributed by atoms with van der Waals surface area (Å²) in [7, 11) is 0. The summed E-state index contributed by atoms with van der Waals surface area (Å²) >= 11 is 6.24. The third-order valence-electron chi connectivity index (χ3n) is 5.47. The lowest BCUT2D eigenvalue weighted by atomic mass is 9.74. The van der Waals surface area contributed by atoms with Crippen molar-refractivity contribution in [1.82, 2.24) is 4.90 Å². The van der Waals surface area contributed by atoms with Gasteiger partial charge in [-0.15, -0.1) is 11.6 Å². The van der Waals surface area contributed by atoms with Crippen LogP contribution in [0.15, 0.2) is 30.3 Å². The summed E-state index contributed by atoms with van der Waals surface area (Å²) in [6.07, 6.45) is 5.60.